The Morgan fingerprint density at radius 3 is 2.07 bits per heavy atom. The van der Waals surface area contributed by atoms with Crippen LogP contribution < -0.4 is 0 Å². The van der Waals surface area contributed by atoms with Gasteiger partial charge in [-0.05, 0) is 41.5 Å². The van der Waals surface area contributed by atoms with Crippen LogP contribution in [-0.2, 0) is 0 Å². The van der Waals surface area contributed by atoms with E-state index >= 15 is 0 Å². The zero-order chi connectivity index (χ0) is 10.8. The topological polar surface area (TPSA) is 0 Å². The summed E-state index contributed by atoms with van der Waals surface area (Å²) >= 11 is 11.7. The van der Waals surface area contributed by atoms with E-state index in [-0.39, 0.29) is 5.82 Å². The maximum atomic E-state index is 13.0. The molecule has 0 unspecified atom stereocenters. The fourth-order valence-corrected chi connectivity index (χ4v) is 1.91. The lowest BCUT2D eigenvalue weighted by Gasteiger charge is -2.03. The van der Waals surface area contributed by atoms with Crippen molar-refractivity contribution in [3.05, 3.63) is 58.3 Å². The Labute approximate surface area is 97.3 Å². The SMILES string of the molecule is Fc1cccc(-c2cc(Cl)cc(Cl)c2)c1. The Morgan fingerprint density at radius 1 is 0.800 bits per heavy atom. The lowest BCUT2D eigenvalue weighted by Crippen LogP contribution is -1.80. The molecular weight excluding hydrogens is 234 g/mol. The molecule has 2 aromatic rings. The largest absolute Gasteiger partial charge is 0.207 e. The summed E-state index contributed by atoms with van der Waals surface area (Å²) in [5.74, 6) is -0.274. The molecule has 0 fully saturated rings. The first-order valence-electron chi connectivity index (χ1n) is 4.37. The van der Waals surface area contributed by atoms with Crippen LogP contribution in [0.25, 0.3) is 11.1 Å². The lowest BCUT2D eigenvalue weighted by molar-refractivity contribution is 0.628. The molecular formula is C12H7Cl2F. The van der Waals surface area contributed by atoms with Gasteiger partial charge in [-0.15, -0.1) is 0 Å². The fourth-order valence-electron chi connectivity index (χ4n) is 1.39. The first kappa shape index (κ1) is 10.5. The van der Waals surface area contributed by atoms with Crippen molar-refractivity contribution in [3.63, 3.8) is 0 Å². The molecule has 0 nitrogen and oxygen atoms in total. The van der Waals surface area contributed by atoms with Gasteiger partial charge in [0.1, 0.15) is 5.82 Å². The highest BCUT2D eigenvalue weighted by molar-refractivity contribution is 6.35. The minimum atomic E-state index is -0.274. The first-order chi connectivity index (χ1) is 7.15. The van der Waals surface area contributed by atoms with Gasteiger partial charge in [0.25, 0.3) is 0 Å². The molecule has 2 rings (SSSR count). The van der Waals surface area contributed by atoms with Crippen LogP contribution >= 0.6 is 23.2 Å². The molecule has 76 valence electrons. The number of hydrogen-bond acceptors (Lipinski definition) is 0. The highest BCUT2D eigenvalue weighted by atomic mass is 35.5. The van der Waals surface area contributed by atoms with E-state index in [4.69, 9.17) is 23.2 Å². The van der Waals surface area contributed by atoms with E-state index in [1.165, 1.54) is 12.1 Å². The quantitative estimate of drug-likeness (QED) is 0.672. The van der Waals surface area contributed by atoms with Crippen LogP contribution in [0.5, 0.6) is 0 Å². The molecule has 0 aromatic heterocycles. The summed E-state index contributed by atoms with van der Waals surface area (Å²) in [5, 5.41) is 1.09. The van der Waals surface area contributed by atoms with Crippen LogP contribution in [0.1, 0.15) is 0 Å². The maximum Gasteiger partial charge on any atom is 0.123 e. The van der Waals surface area contributed by atoms with Crippen molar-refractivity contribution in [2.45, 2.75) is 0 Å². The van der Waals surface area contributed by atoms with Crippen molar-refractivity contribution in [2.24, 2.45) is 0 Å². The predicted molar refractivity (Wildman–Crippen MR) is 61.9 cm³/mol. The molecule has 15 heavy (non-hydrogen) atoms. The van der Waals surface area contributed by atoms with Gasteiger partial charge in [-0.2, -0.15) is 0 Å². The van der Waals surface area contributed by atoms with Gasteiger partial charge in [-0.1, -0.05) is 35.3 Å². The monoisotopic (exact) mass is 240 g/mol. The second kappa shape index (κ2) is 4.21. The highest BCUT2D eigenvalue weighted by Gasteiger charge is 2.02. The average molecular weight is 241 g/mol. The number of rotatable bonds is 1. The fraction of sp³-hybridized carbons (Fsp3) is 0. The summed E-state index contributed by atoms with van der Waals surface area (Å²) in [6.07, 6.45) is 0. The molecule has 0 aliphatic rings. The van der Waals surface area contributed by atoms with E-state index in [0.29, 0.717) is 10.0 Å². The Bertz CT molecular complexity index is 474. The standard InChI is InChI=1S/C12H7Cl2F/c13-10-4-9(5-11(14)7-10)8-2-1-3-12(15)6-8/h1-7H. The smallest absolute Gasteiger partial charge is 0.123 e. The molecule has 0 amide bonds. The van der Waals surface area contributed by atoms with Gasteiger partial charge in [0.2, 0.25) is 0 Å². The summed E-state index contributed by atoms with van der Waals surface area (Å²) in [6, 6.07) is 11.5. The van der Waals surface area contributed by atoms with Gasteiger partial charge >= 0.3 is 0 Å². The van der Waals surface area contributed by atoms with E-state index in [9.17, 15) is 4.39 Å². The van der Waals surface area contributed by atoms with Crippen LogP contribution in [0.3, 0.4) is 0 Å². The van der Waals surface area contributed by atoms with Crippen LogP contribution in [-0.4, -0.2) is 0 Å². The Morgan fingerprint density at radius 2 is 1.47 bits per heavy atom. The summed E-state index contributed by atoms with van der Waals surface area (Å²) in [6.45, 7) is 0. The number of halogens is 3. The Kier molecular flexibility index (Phi) is 2.94. The summed E-state index contributed by atoms with van der Waals surface area (Å²) in [5.41, 5.74) is 1.58. The molecule has 2 aromatic carbocycles. The molecule has 3 heteroatoms. The van der Waals surface area contributed by atoms with E-state index in [2.05, 4.69) is 0 Å². The highest BCUT2D eigenvalue weighted by Crippen LogP contribution is 2.27. The second-order valence-corrected chi connectivity index (χ2v) is 4.04. The van der Waals surface area contributed by atoms with Gasteiger partial charge in [0.15, 0.2) is 0 Å². The van der Waals surface area contributed by atoms with Gasteiger partial charge < -0.3 is 0 Å². The molecule has 0 atom stereocenters. The zero-order valence-electron chi connectivity index (χ0n) is 7.68. The number of hydrogen-bond donors (Lipinski definition) is 0. The van der Waals surface area contributed by atoms with Crippen molar-refractivity contribution in [1.29, 1.82) is 0 Å². The Balaban J connectivity index is 2.54. The molecule has 0 spiro atoms. The third-order valence-electron chi connectivity index (χ3n) is 2.02. The summed E-state index contributed by atoms with van der Waals surface area (Å²) < 4.78 is 13.0. The molecule has 0 aliphatic heterocycles. The van der Waals surface area contributed by atoms with Crippen molar-refractivity contribution in [3.8, 4) is 11.1 Å². The molecule has 0 saturated carbocycles. The van der Waals surface area contributed by atoms with Crippen LogP contribution in [0, 0.1) is 5.82 Å². The van der Waals surface area contributed by atoms with E-state index < -0.39 is 0 Å². The van der Waals surface area contributed by atoms with Crippen LogP contribution in [0.15, 0.2) is 42.5 Å². The molecule has 0 N–H and O–H groups in total. The van der Waals surface area contributed by atoms with Crippen molar-refractivity contribution in [1.82, 2.24) is 0 Å². The minimum Gasteiger partial charge on any atom is -0.207 e. The summed E-state index contributed by atoms with van der Waals surface area (Å²) in [4.78, 5) is 0. The molecule has 0 saturated heterocycles. The number of benzene rings is 2. The predicted octanol–water partition coefficient (Wildman–Crippen LogP) is 4.80. The molecule has 0 bridgehead atoms. The zero-order valence-corrected chi connectivity index (χ0v) is 9.19. The molecule has 0 aliphatic carbocycles. The van der Waals surface area contributed by atoms with E-state index in [1.807, 2.05) is 6.07 Å². The maximum absolute atomic E-state index is 13.0. The summed E-state index contributed by atoms with van der Waals surface area (Å²) in [7, 11) is 0. The third-order valence-corrected chi connectivity index (χ3v) is 2.46. The first-order valence-corrected chi connectivity index (χ1v) is 5.13. The van der Waals surface area contributed by atoms with Crippen LogP contribution in [0.4, 0.5) is 4.39 Å². The van der Waals surface area contributed by atoms with Crippen molar-refractivity contribution >= 4 is 23.2 Å². The minimum absolute atomic E-state index is 0.274. The van der Waals surface area contributed by atoms with Gasteiger partial charge in [-0.3, -0.25) is 0 Å². The molecule has 0 radical (unpaired) electrons. The van der Waals surface area contributed by atoms with Crippen LogP contribution in [0.2, 0.25) is 10.0 Å². The lowest BCUT2D eigenvalue weighted by atomic mass is 10.1. The van der Waals surface area contributed by atoms with Crippen molar-refractivity contribution in [2.75, 3.05) is 0 Å². The Hall–Kier alpha value is -1.05. The normalized spacial score (nSPS) is 10.3. The van der Waals surface area contributed by atoms with E-state index in [0.717, 1.165) is 11.1 Å². The van der Waals surface area contributed by atoms with Gasteiger partial charge in [0, 0.05) is 10.0 Å². The third kappa shape index (κ3) is 2.49. The molecule has 0 heterocycles. The van der Waals surface area contributed by atoms with Gasteiger partial charge in [-0.25, -0.2) is 4.39 Å². The van der Waals surface area contributed by atoms with Crippen molar-refractivity contribution < 1.29 is 4.39 Å². The van der Waals surface area contributed by atoms with E-state index in [1.54, 1.807) is 24.3 Å². The second-order valence-electron chi connectivity index (χ2n) is 3.17. The average Bonchev–Trinajstić information content (AvgIpc) is 2.16. The van der Waals surface area contributed by atoms with Gasteiger partial charge in [0.05, 0.1) is 0 Å².